The Morgan fingerprint density at radius 1 is 1.00 bits per heavy atom. The highest BCUT2D eigenvalue weighted by Crippen LogP contribution is 2.44. The highest BCUT2D eigenvalue weighted by molar-refractivity contribution is 9.10. The van der Waals surface area contributed by atoms with Crippen LogP contribution in [-0.4, -0.2) is 48.3 Å². The Hall–Kier alpha value is -2.91. The topological polar surface area (TPSA) is 82.1 Å². The summed E-state index contributed by atoms with van der Waals surface area (Å²) in [7, 11) is 0. The number of thiophene rings is 1. The van der Waals surface area contributed by atoms with E-state index in [1.807, 2.05) is 29.2 Å². The van der Waals surface area contributed by atoms with Gasteiger partial charge in [-0.05, 0) is 85.6 Å². The summed E-state index contributed by atoms with van der Waals surface area (Å²) in [5.41, 5.74) is 1.59. The van der Waals surface area contributed by atoms with E-state index in [0.717, 1.165) is 56.2 Å². The zero-order valence-electron chi connectivity index (χ0n) is 24.0. The van der Waals surface area contributed by atoms with Gasteiger partial charge in [-0.25, -0.2) is 9.59 Å². The van der Waals surface area contributed by atoms with Gasteiger partial charge in [-0.1, -0.05) is 37.6 Å². The lowest BCUT2D eigenvalue weighted by Gasteiger charge is -2.35. The standard InChI is InChI=1S/C32H38BrNO6S/c1-4-7-14-27(35)34(21-32(17-10-11-18-32)40-31(37)39-6-3)20-22-15-16-26-25(19-22)28(33)29(41-26)23-12-8-9-13-24(23)30(36)38-5-2/h8-9,12-13,15-16,19H,4-7,10-11,14,17-18,20-21H2,1-3H3. The molecule has 9 heteroatoms. The Morgan fingerprint density at radius 3 is 2.44 bits per heavy atom. The lowest BCUT2D eigenvalue weighted by molar-refractivity contribution is -0.136. The number of nitrogens with zero attached hydrogens (tertiary/aromatic N) is 1. The molecule has 0 bridgehead atoms. The third-order valence-electron chi connectivity index (χ3n) is 7.39. The van der Waals surface area contributed by atoms with Crippen LogP contribution in [0.1, 0.15) is 81.6 Å². The molecule has 1 aliphatic carbocycles. The van der Waals surface area contributed by atoms with Crippen LogP contribution in [0.2, 0.25) is 0 Å². The number of fused-ring (bicyclic) bond motifs is 1. The fourth-order valence-corrected chi connectivity index (χ4v) is 7.41. The summed E-state index contributed by atoms with van der Waals surface area (Å²) in [6.07, 6.45) is 4.82. The van der Waals surface area contributed by atoms with Crippen molar-refractivity contribution in [1.29, 1.82) is 0 Å². The van der Waals surface area contributed by atoms with E-state index in [1.165, 1.54) is 0 Å². The Morgan fingerprint density at radius 2 is 1.73 bits per heavy atom. The number of amides is 1. The molecule has 2 aromatic carbocycles. The minimum Gasteiger partial charge on any atom is -0.462 e. The van der Waals surface area contributed by atoms with E-state index in [4.69, 9.17) is 14.2 Å². The summed E-state index contributed by atoms with van der Waals surface area (Å²) in [5.74, 6) is -0.292. The third-order valence-corrected chi connectivity index (χ3v) is 9.68. The van der Waals surface area contributed by atoms with E-state index >= 15 is 0 Å². The van der Waals surface area contributed by atoms with Gasteiger partial charge in [-0.15, -0.1) is 11.3 Å². The number of halogens is 1. The Bertz CT molecular complexity index is 1380. The van der Waals surface area contributed by atoms with Crippen LogP contribution < -0.4 is 0 Å². The van der Waals surface area contributed by atoms with Gasteiger partial charge in [-0.3, -0.25) is 4.79 Å². The number of carbonyl (C=O) groups is 3. The quantitative estimate of drug-likeness (QED) is 0.184. The molecule has 0 aliphatic heterocycles. The second-order valence-electron chi connectivity index (χ2n) is 10.4. The number of esters is 1. The van der Waals surface area contributed by atoms with Crippen molar-refractivity contribution in [3.63, 3.8) is 0 Å². The molecule has 1 heterocycles. The second kappa shape index (κ2) is 14.3. The van der Waals surface area contributed by atoms with Crippen molar-refractivity contribution in [3.8, 4) is 10.4 Å². The molecule has 220 valence electrons. The van der Waals surface area contributed by atoms with E-state index in [2.05, 4.69) is 35.0 Å². The summed E-state index contributed by atoms with van der Waals surface area (Å²) < 4.78 is 18.2. The van der Waals surface area contributed by atoms with E-state index in [9.17, 15) is 14.4 Å². The number of benzene rings is 2. The van der Waals surface area contributed by atoms with Gasteiger partial charge in [0.25, 0.3) is 0 Å². The smallest absolute Gasteiger partial charge is 0.462 e. The number of hydrogen-bond donors (Lipinski definition) is 0. The Kier molecular flexibility index (Phi) is 10.8. The lowest BCUT2D eigenvalue weighted by Crippen LogP contribution is -2.46. The average Bonchev–Trinajstić information content (AvgIpc) is 3.55. The zero-order chi connectivity index (χ0) is 29.4. The highest BCUT2D eigenvalue weighted by Gasteiger charge is 2.41. The van der Waals surface area contributed by atoms with Crippen LogP contribution in [0.3, 0.4) is 0 Å². The van der Waals surface area contributed by atoms with Crippen molar-refractivity contribution in [2.24, 2.45) is 0 Å². The number of ether oxygens (including phenoxy) is 3. The average molecular weight is 645 g/mol. The summed E-state index contributed by atoms with van der Waals surface area (Å²) in [6.45, 7) is 6.92. The van der Waals surface area contributed by atoms with Gasteiger partial charge in [-0.2, -0.15) is 0 Å². The summed E-state index contributed by atoms with van der Waals surface area (Å²) in [5, 5.41) is 1.01. The minimum atomic E-state index is -0.731. The maximum atomic E-state index is 13.4. The first-order valence-electron chi connectivity index (χ1n) is 14.4. The molecule has 7 nitrogen and oxygen atoms in total. The van der Waals surface area contributed by atoms with Gasteiger partial charge in [0.15, 0.2) is 0 Å². The van der Waals surface area contributed by atoms with Gasteiger partial charge < -0.3 is 19.1 Å². The van der Waals surface area contributed by atoms with E-state index in [-0.39, 0.29) is 18.5 Å². The maximum absolute atomic E-state index is 13.4. The monoisotopic (exact) mass is 643 g/mol. The first-order valence-corrected chi connectivity index (χ1v) is 16.0. The van der Waals surface area contributed by atoms with Crippen LogP contribution in [-0.2, 0) is 25.5 Å². The molecule has 1 aliphatic rings. The van der Waals surface area contributed by atoms with Crippen LogP contribution >= 0.6 is 27.3 Å². The van der Waals surface area contributed by atoms with Crippen molar-refractivity contribution < 1.29 is 28.6 Å². The van der Waals surface area contributed by atoms with E-state index in [1.54, 1.807) is 31.3 Å². The Labute approximate surface area is 254 Å². The molecule has 4 rings (SSSR count). The van der Waals surface area contributed by atoms with Crippen LogP contribution in [0.5, 0.6) is 0 Å². The first-order chi connectivity index (χ1) is 19.8. The van der Waals surface area contributed by atoms with E-state index < -0.39 is 11.8 Å². The maximum Gasteiger partial charge on any atom is 0.508 e. The molecule has 1 fully saturated rings. The lowest BCUT2D eigenvalue weighted by atomic mass is 10.00. The molecule has 41 heavy (non-hydrogen) atoms. The summed E-state index contributed by atoms with van der Waals surface area (Å²) in [6, 6.07) is 13.7. The van der Waals surface area contributed by atoms with E-state index in [0.29, 0.717) is 44.5 Å². The number of rotatable bonds is 12. The van der Waals surface area contributed by atoms with Gasteiger partial charge in [0.1, 0.15) is 5.60 Å². The van der Waals surface area contributed by atoms with Crippen molar-refractivity contribution in [3.05, 3.63) is 58.1 Å². The summed E-state index contributed by atoms with van der Waals surface area (Å²) >= 11 is 5.40. The molecule has 1 saturated carbocycles. The third kappa shape index (κ3) is 7.49. The normalized spacial score (nSPS) is 14.1. The van der Waals surface area contributed by atoms with Crippen LogP contribution in [0.4, 0.5) is 4.79 Å². The molecule has 0 spiro atoms. The molecule has 3 aromatic rings. The predicted octanol–water partition coefficient (Wildman–Crippen LogP) is 8.51. The minimum absolute atomic E-state index is 0.0547. The molecule has 0 unspecified atom stereocenters. The van der Waals surface area contributed by atoms with Gasteiger partial charge in [0.05, 0.1) is 30.2 Å². The van der Waals surface area contributed by atoms with Crippen LogP contribution in [0.15, 0.2) is 46.9 Å². The van der Waals surface area contributed by atoms with Gasteiger partial charge in [0, 0.05) is 33.1 Å². The fourth-order valence-electron chi connectivity index (χ4n) is 5.38. The Balaban J connectivity index is 1.64. The SMILES string of the molecule is CCCCC(=O)N(Cc1ccc2sc(-c3ccccc3C(=O)OCC)c(Br)c2c1)CC1(OC(=O)OCC)CCCC1. The molecular formula is C32H38BrNO6S. The molecule has 0 atom stereocenters. The zero-order valence-corrected chi connectivity index (χ0v) is 26.4. The van der Waals surface area contributed by atoms with Crippen LogP contribution in [0.25, 0.3) is 20.5 Å². The van der Waals surface area contributed by atoms with Crippen molar-refractivity contribution in [1.82, 2.24) is 4.90 Å². The fraction of sp³-hybridized carbons (Fsp3) is 0.469. The van der Waals surface area contributed by atoms with Crippen LogP contribution in [0, 0.1) is 0 Å². The second-order valence-corrected chi connectivity index (χ2v) is 12.2. The molecule has 1 aromatic heterocycles. The first kappa shape index (κ1) is 31.0. The highest BCUT2D eigenvalue weighted by atomic mass is 79.9. The molecule has 1 amide bonds. The van der Waals surface area contributed by atoms with Crippen molar-refractivity contribution >= 4 is 55.4 Å². The number of carbonyl (C=O) groups excluding carboxylic acids is 3. The predicted molar refractivity (Wildman–Crippen MR) is 165 cm³/mol. The molecular weight excluding hydrogens is 606 g/mol. The number of unbranched alkanes of at least 4 members (excludes halogenated alkanes) is 1. The van der Waals surface area contributed by atoms with Crippen molar-refractivity contribution in [2.45, 2.75) is 77.9 Å². The van der Waals surface area contributed by atoms with Gasteiger partial charge >= 0.3 is 12.1 Å². The largest absolute Gasteiger partial charge is 0.508 e. The molecule has 0 radical (unpaired) electrons. The molecule has 0 saturated heterocycles. The van der Waals surface area contributed by atoms with Crippen molar-refractivity contribution in [2.75, 3.05) is 19.8 Å². The molecule has 0 N–H and O–H groups in total. The summed E-state index contributed by atoms with van der Waals surface area (Å²) in [4.78, 5) is 41.2. The van der Waals surface area contributed by atoms with Gasteiger partial charge in [0.2, 0.25) is 5.91 Å². The number of hydrogen-bond acceptors (Lipinski definition) is 7.